The summed E-state index contributed by atoms with van der Waals surface area (Å²) in [6.45, 7) is 3.87. The van der Waals surface area contributed by atoms with Crippen LogP contribution < -0.4 is 0 Å². The number of hydrogen-bond acceptors (Lipinski definition) is 1. The summed E-state index contributed by atoms with van der Waals surface area (Å²) in [6, 6.07) is 5.25. The normalized spacial score (nSPS) is 19.9. The number of piperidine rings is 1. The van der Waals surface area contributed by atoms with E-state index >= 15 is 0 Å². The van der Waals surface area contributed by atoms with Gasteiger partial charge in [-0.3, -0.25) is 4.79 Å². The maximum absolute atomic E-state index is 12.1. The highest BCUT2D eigenvalue weighted by Gasteiger charge is 2.18. The largest absolute Gasteiger partial charge is 0.339 e. The highest BCUT2D eigenvalue weighted by Crippen LogP contribution is 2.22. The standard InChI is InChI=1S/C15H17Cl2NO/c1-11-3-2-8-18(10-11)15(19)7-5-12-4-6-13(16)9-14(12)17/h4-7,9,11H,2-3,8,10H2,1H3/b7-5+/t11-/m1/s1. The van der Waals surface area contributed by atoms with E-state index in [1.165, 1.54) is 6.42 Å². The number of nitrogens with zero attached hydrogens (tertiary/aromatic N) is 1. The first kappa shape index (κ1) is 14.4. The molecule has 1 amide bonds. The molecule has 4 heteroatoms. The average molecular weight is 298 g/mol. The molecule has 0 aliphatic carbocycles. The van der Waals surface area contributed by atoms with Crippen molar-refractivity contribution in [3.63, 3.8) is 0 Å². The van der Waals surface area contributed by atoms with Crippen LogP contribution in [0.2, 0.25) is 10.0 Å². The van der Waals surface area contributed by atoms with Gasteiger partial charge in [-0.2, -0.15) is 0 Å². The van der Waals surface area contributed by atoms with Crippen LogP contribution in [0.1, 0.15) is 25.3 Å². The van der Waals surface area contributed by atoms with Gasteiger partial charge >= 0.3 is 0 Å². The summed E-state index contributed by atoms with van der Waals surface area (Å²) >= 11 is 11.9. The third-order valence-electron chi connectivity index (χ3n) is 3.34. The van der Waals surface area contributed by atoms with Gasteiger partial charge in [0.25, 0.3) is 0 Å². The van der Waals surface area contributed by atoms with Crippen molar-refractivity contribution in [1.29, 1.82) is 0 Å². The molecular formula is C15H17Cl2NO. The van der Waals surface area contributed by atoms with Gasteiger partial charge in [0, 0.05) is 29.2 Å². The van der Waals surface area contributed by atoms with Gasteiger partial charge in [-0.1, -0.05) is 36.2 Å². The number of carbonyl (C=O) groups is 1. The maximum atomic E-state index is 12.1. The van der Waals surface area contributed by atoms with Crippen molar-refractivity contribution in [2.24, 2.45) is 5.92 Å². The number of carbonyl (C=O) groups excluding carboxylic acids is 1. The first-order chi connectivity index (χ1) is 9.06. The fraction of sp³-hybridized carbons (Fsp3) is 0.400. The fourth-order valence-corrected chi connectivity index (χ4v) is 2.76. The number of rotatable bonds is 2. The van der Waals surface area contributed by atoms with Gasteiger partial charge in [0.15, 0.2) is 0 Å². The molecule has 0 N–H and O–H groups in total. The molecule has 0 saturated carbocycles. The smallest absolute Gasteiger partial charge is 0.246 e. The van der Waals surface area contributed by atoms with Crippen LogP contribution in [-0.2, 0) is 4.79 Å². The Balaban J connectivity index is 2.03. The quantitative estimate of drug-likeness (QED) is 0.747. The molecule has 19 heavy (non-hydrogen) atoms. The van der Waals surface area contributed by atoms with Crippen molar-refractivity contribution < 1.29 is 4.79 Å². The van der Waals surface area contributed by atoms with E-state index in [9.17, 15) is 4.79 Å². The summed E-state index contributed by atoms with van der Waals surface area (Å²) < 4.78 is 0. The van der Waals surface area contributed by atoms with Gasteiger partial charge in [0.05, 0.1) is 0 Å². The lowest BCUT2D eigenvalue weighted by molar-refractivity contribution is -0.127. The Morgan fingerprint density at radius 1 is 1.42 bits per heavy atom. The minimum atomic E-state index is 0.0533. The summed E-state index contributed by atoms with van der Waals surface area (Å²) in [5, 5.41) is 1.15. The van der Waals surface area contributed by atoms with Gasteiger partial charge in [-0.25, -0.2) is 0 Å². The summed E-state index contributed by atoms with van der Waals surface area (Å²) in [4.78, 5) is 14.0. The zero-order chi connectivity index (χ0) is 13.8. The van der Waals surface area contributed by atoms with E-state index in [1.54, 1.807) is 24.3 Å². The van der Waals surface area contributed by atoms with E-state index in [-0.39, 0.29) is 5.91 Å². The summed E-state index contributed by atoms with van der Waals surface area (Å²) in [5.41, 5.74) is 0.810. The SMILES string of the molecule is C[C@@H]1CCCN(C(=O)/C=C/c2ccc(Cl)cc2Cl)C1. The van der Waals surface area contributed by atoms with Crippen LogP contribution >= 0.6 is 23.2 Å². The van der Waals surface area contributed by atoms with Crippen LogP contribution in [0.4, 0.5) is 0 Å². The lowest BCUT2D eigenvalue weighted by Crippen LogP contribution is -2.38. The second-order valence-corrected chi connectivity index (χ2v) is 5.87. The minimum Gasteiger partial charge on any atom is -0.339 e. The van der Waals surface area contributed by atoms with Crippen LogP contribution in [-0.4, -0.2) is 23.9 Å². The first-order valence-corrected chi connectivity index (χ1v) is 7.24. The van der Waals surface area contributed by atoms with Gasteiger partial charge in [0.1, 0.15) is 0 Å². The molecule has 1 aliphatic rings. The Bertz CT molecular complexity index is 499. The molecule has 2 rings (SSSR count). The Kier molecular flexibility index (Phi) is 4.89. The molecule has 1 aliphatic heterocycles. The molecule has 1 fully saturated rings. The Hall–Kier alpha value is -0.990. The Labute approximate surface area is 124 Å². The highest BCUT2D eigenvalue weighted by atomic mass is 35.5. The molecular weight excluding hydrogens is 281 g/mol. The van der Waals surface area contributed by atoms with Crippen molar-refractivity contribution in [3.05, 3.63) is 39.9 Å². The number of amides is 1. The summed E-state index contributed by atoms with van der Waals surface area (Å²) in [5.74, 6) is 0.641. The summed E-state index contributed by atoms with van der Waals surface area (Å²) in [7, 11) is 0. The Morgan fingerprint density at radius 3 is 2.89 bits per heavy atom. The van der Waals surface area contributed by atoms with Crippen molar-refractivity contribution in [2.45, 2.75) is 19.8 Å². The number of halogens is 2. The molecule has 0 aromatic heterocycles. The molecule has 0 radical (unpaired) electrons. The maximum Gasteiger partial charge on any atom is 0.246 e. The lowest BCUT2D eigenvalue weighted by Gasteiger charge is -2.30. The van der Waals surface area contributed by atoms with E-state index in [0.29, 0.717) is 16.0 Å². The van der Waals surface area contributed by atoms with Crippen LogP contribution in [0, 0.1) is 5.92 Å². The molecule has 1 aromatic rings. The van der Waals surface area contributed by atoms with Crippen LogP contribution in [0.3, 0.4) is 0 Å². The van der Waals surface area contributed by atoms with Crippen molar-refractivity contribution in [3.8, 4) is 0 Å². The number of benzene rings is 1. The summed E-state index contributed by atoms with van der Waals surface area (Å²) in [6.07, 6.45) is 5.63. The highest BCUT2D eigenvalue weighted by molar-refractivity contribution is 6.35. The first-order valence-electron chi connectivity index (χ1n) is 6.48. The van der Waals surface area contributed by atoms with Crippen LogP contribution in [0.15, 0.2) is 24.3 Å². The second-order valence-electron chi connectivity index (χ2n) is 5.03. The van der Waals surface area contributed by atoms with Crippen LogP contribution in [0.5, 0.6) is 0 Å². The van der Waals surface area contributed by atoms with Crippen LogP contribution in [0.25, 0.3) is 6.08 Å². The van der Waals surface area contributed by atoms with Gasteiger partial charge < -0.3 is 4.90 Å². The molecule has 0 unspecified atom stereocenters. The molecule has 2 nitrogen and oxygen atoms in total. The predicted molar refractivity (Wildman–Crippen MR) is 80.5 cm³/mol. The van der Waals surface area contributed by atoms with E-state index in [2.05, 4.69) is 6.92 Å². The third-order valence-corrected chi connectivity index (χ3v) is 3.90. The fourth-order valence-electron chi connectivity index (χ4n) is 2.29. The van der Waals surface area contributed by atoms with Crippen molar-refractivity contribution in [2.75, 3.05) is 13.1 Å². The molecule has 0 spiro atoms. The Morgan fingerprint density at radius 2 is 2.21 bits per heavy atom. The van der Waals surface area contributed by atoms with E-state index < -0.39 is 0 Å². The topological polar surface area (TPSA) is 20.3 Å². The second kappa shape index (κ2) is 6.44. The van der Waals surface area contributed by atoms with Gasteiger partial charge in [-0.05, 0) is 42.5 Å². The zero-order valence-corrected chi connectivity index (χ0v) is 12.4. The van der Waals surface area contributed by atoms with E-state index in [4.69, 9.17) is 23.2 Å². The molecule has 102 valence electrons. The van der Waals surface area contributed by atoms with Crippen molar-refractivity contribution in [1.82, 2.24) is 4.90 Å². The lowest BCUT2D eigenvalue weighted by atomic mass is 10.0. The molecule has 0 bridgehead atoms. The van der Waals surface area contributed by atoms with E-state index in [1.807, 2.05) is 11.0 Å². The molecule has 1 saturated heterocycles. The van der Waals surface area contributed by atoms with Gasteiger partial charge in [-0.15, -0.1) is 0 Å². The number of hydrogen-bond donors (Lipinski definition) is 0. The molecule has 1 atom stereocenters. The third kappa shape index (κ3) is 3.99. The minimum absolute atomic E-state index is 0.0533. The molecule has 1 aromatic carbocycles. The van der Waals surface area contributed by atoms with Gasteiger partial charge in [0.2, 0.25) is 5.91 Å². The monoisotopic (exact) mass is 297 g/mol. The van der Waals surface area contributed by atoms with Crippen molar-refractivity contribution >= 4 is 35.2 Å². The zero-order valence-electron chi connectivity index (χ0n) is 10.9. The number of likely N-dealkylation sites (tertiary alicyclic amines) is 1. The van der Waals surface area contributed by atoms with E-state index in [0.717, 1.165) is 25.1 Å². The average Bonchev–Trinajstić information content (AvgIpc) is 2.37. The predicted octanol–water partition coefficient (Wildman–Crippen LogP) is 4.27. The molecule has 1 heterocycles.